The normalized spacial score (nSPS) is 10.8. The summed E-state index contributed by atoms with van der Waals surface area (Å²) in [6.45, 7) is 0. The Labute approximate surface area is 187 Å². The smallest absolute Gasteiger partial charge is 0.266 e. The highest BCUT2D eigenvalue weighted by Gasteiger charge is 2.19. The van der Waals surface area contributed by atoms with Crippen molar-refractivity contribution in [2.75, 3.05) is 20.0 Å². The van der Waals surface area contributed by atoms with E-state index in [0.29, 0.717) is 27.5 Å². The fourth-order valence-corrected chi connectivity index (χ4v) is 4.23. The Morgan fingerprint density at radius 1 is 1.00 bits per heavy atom. The van der Waals surface area contributed by atoms with Crippen LogP contribution in [0.3, 0.4) is 0 Å². The molecule has 162 valence electrons. The average molecular weight is 450 g/mol. The molecule has 32 heavy (non-hydrogen) atoms. The molecule has 4 aromatic rings. The van der Waals surface area contributed by atoms with Gasteiger partial charge in [-0.2, -0.15) is 0 Å². The van der Waals surface area contributed by atoms with Gasteiger partial charge in [-0.15, -0.1) is 0 Å². The van der Waals surface area contributed by atoms with Gasteiger partial charge in [-0.1, -0.05) is 36.0 Å². The molecule has 0 amide bonds. The van der Waals surface area contributed by atoms with Gasteiger partial charge in [0.2, 0.25) is 0 Å². The average Bonchev–Trinajstić information content (AvgIpc) is 2.82. The minimum Gasteiger partial charge on any atom is -0.496 e. The maximum Gasteiger partial charge on any atom is 0.266 e. The van der Waals surface area contributed by atoms with Gasteiger partial charge >= 0.3 is 0 Å². The van der Waals surface area contributed by atoms with Crippen molar-refractivity contribution in [1.29, 1.82) is 0 Å². The van der Waals surface area contributed by atoms with Crippen LogP contribution < -0.4 is 15.0 Å². The summed E-state index contributed by atoms with van der Waals surface area (Å²) in [6, 6.07) is 17.9. The lowest BCUT2D eigenvalue weighted by molar-refractivity contribution is 0.101. The Kier molecular flexibility index (Phi) is 6.23. The topological polar surface area (TPSA) is 70.4 Å². The maximum atomic E-state index is 13.7. The van der Waals surface area contributed by atoms with E-state index < -0.39 is 5.82 Å². The van der Waals surface area contributed by atoms with Gasteiger partial charge in [0.25, 0.3) is 5.56 Å². The minimum atomic E-state index is -0.533. The van der Waals surface area contributed by atoms with Crippen LogP contribution in [-0.2, 0) is 0 Å². The number of Topliss-reactive ketones (excluding diaryl/α,β-unsaturated/α-hetero) is 1. The van der Waals surface area contributed by atoms with Crippen LogP contribution in [0.5, 0.6) is 11.5 Å². The van der Waals surface area contributed by atoms with Crippen molar-refractivity contribution in [1.82, 2.24) is 9.55 Å². The van der Waals surface area contributed by atoms with Crippen molar-refractivity contribution in [3.63, 3.8) is 0 Å². The number of thioether (sulfide) groups is 1. The number of ether oxygens (including phenoxy) is 2. The fourth-order valence-electron chi connectivity index (χ4n) is 3.34. The van der Waals surface area contributed by atoms with E-state index in [0.717, 1.165) is 17.8 Å². The van der Waals surface area contributed by atoms with Gasteiger partial charge in [-0.05, 0) is 42.5 Å². The summed E-state index contributed by atoms with van der Waals surface area (Å²) in [5, 5.41) is 0.766. The standard InChI is InChI=1S/C24H19FN2O4S/c1-30-21-12-11-15(25)13-17(21)20(28)14-32-24-26-18-8-4-3-7-16(18)23(29)27(24)19-9-5-6-10-22(19)31-2/h3-13H,14H2,1-2H3. The van der Waals surface area contributed by atoms with Gasteiger partial charge in [0, 0.05) is 0 Å². The van der Waals surface area contributed by atoms with Crippen LogP contribution in [0, 0.1) is 5.82 Å². The van der Waals surface area contributed by atoms with E-state index in [1.165, 1.54) is 30.9 Å². The molecule has 3 aromatic carbocycles. The monoisotopic (exact) mass is 450 g/mol. The second kappa shape index (κ2) is 9.23. The number of nitrogens with zero attached hydrogens (tertiary/aromatic N) is 2. The summed E-state index contributed by atoms with van der Waals surface area (Å²) in [5.41, 5.74) is 0.879. The molecular formula is C24H19FN2O4S. The van der Waals surface area contributed by atoms with Crippen LogP contribution in [0.4, 0.5) is 4.39 Å². The summed E-state index contributed by atoms with van der Waals surface area (Å²) in [7, 11) is 2.94. The molecule has 0 saturated heterocycles. The third kappa shape index (κ3) is 4.09. The second-order valence-electron chi connectivity index (χ2n) is 6.78. The summed E-state index contributed by atoms with van der Waals surface area (Å²) < 4.78 is 25.8. The Morgan fingerprint density at radius 2 is 1.72 bits per heavy atom. The van der Waals surface area contributed by atoms with Crippen LogP contribution in [0.15, 0.2) is 76.7 Å². The van der Waals surface area contributed by atoms with Crippen molar-refractivity contribution < 1.29 is 18.7 Å². The number of hydrogen-bond donors (Lipinski definition) is 0. The minimum absolute atomic E-state index is 0.0697. The highest BCUT2D eigenvalue weighted by Crippen LogP contribution is 2.28. The van der Waals surface area contributed by atoms with Crippen LogP contribution in [-0.4, -0.2) is 35.3 Å². The molecule has 0 bridgehead atoms. The number of benzene rings is 3. The molecule has 0 saturated carbocycles. The summed E-state index contributed by atoms with van der Waals surface area (Å²) in [6.07, 6.45) is 0. The summed E-state index contributed by atoms with van der Waals surface area (Å²) in [4.78, 5) is 30.9. The van der Waals surface area contributed by atoms with Crippen LogP contribution in [0.1, 0.15) is 10.4 Å². The summed E-state index contributed by atoms with van der Waals surface area (Å²) in [5.74, 6) is -0.175. The predicted octanol–water partition coefficient (Wildman–Crippen LogP) is 4.52. The molecule has 6 nitrogen and oxygen atoms in total. The first-order chi connectivity index (χ1) is 15.5. The lowest BCUT2D eigenvalue weighted by Crippen LogP contribution is -2.22. The van der Waals surface area contributed by atoms with E-state index in [2.05, 4.69) is 4.98 Å². The molecular weight excluding hydrogens is 431 g/mol. The van der Waals surface area contributed by atoms with Crippen LogP contribution in [0.2, 0.25) is 0 Å². The molecule has 0 radical (unpaired) electrons. The molecule has 0 aliphatic heterocycles. The highest BCUT2D eigenvalue weighted by molar-refractivity contribution is 7.99. The number of carbonyl (C=O) groups excluding carboxylic acids is 1. The Hall–Kier alpha value is -3.65. The van der Waals surface area contributed by atoms with Gasteiger partial charge in [0.1, 0.15) is 17.3 Å². The number of carbonyl (C=O) groups is 1. The van der Waals surface area contributed by atoms with E-state index in [4.69, 9.17) is 9.47 Å². The number of fused-ring (bicyclic) bond motifs is 1. The SMILES string of the molecule is COc1ccc(F)cc1C(=O)CSc1nc2ccccc2c(=O)n1-c1ccccc1OC. The lowest BCUT2D eigenvalue weighted by atomic mass is 10.1. The van der Waals surface area contributed by atoms with Crippen LogP contribution >= 0.6 is 11.8 Å². The molecule has 0 fully saturated rings. The molecule has 0 unspecified atom stereocenters. The number of ketones is 1. The number of halogens is 1. The number of rotatable bonds is 7. The van der Waals surface area contributed by atoms with Gasteiger partial charge < -0.3 is 9.47 Å². The first-order valence-electron chi connectivity index (χ1n) is 9.68. The Balaban J connectivity index is 1.79. The van der Waals surface area contributed by atoms with E-state index in [9.17, 15) is 14.0 Å². The van der Waals surface area contributed by atoms with Crippen molar-refractivity contribution in [3.05, 3.63) is 88.5 Å². The second-order valence-corrected chi connectivity index (χ2v) is 7.72. The van der Waals surface area contributed by atoms with Gasteiger partial charge in [0.15, 0.2) is 10.9 Å². The van der Waals surface area contributed by atoms with E-state index in [1.807, 2.05) is 0 Å². The molecule has 0 N–H and O–H groups in total. The quantitative estimate of drug-likeness (QED) is 0.234. The molecule has 0 atom stereocenters. The van der Waals surface area contributed by atoms with Gasteiger partial charge in [-0.25, -0.2) is 9.37 Å². The molecule has 4 rings (SSSR count). The number of aromatic nitrogens is 2. The van der Waals surface area contributed by atoms with Gasteiger partial charge in [0.05, 0.1) is 42.1 Å². The van der Waals surface area contributed by atoms with E-state index in [1.54, 1.807) is 48.5 Å². The van der Waals surface area contributed by atoms with Crippen molar-refractivity contribution in [2.24, 2.45) is 0 Å². The third-order valence-electron chi connectivity index (χ3n) is 4.87. The highest BCUT2D eigenvalue weighted by atomic mass is 32.2. The van der Waals surface area contributed by atoms with Crippen molar-refractivity contribution >= 4 is 28.4 Å². The first-order valence-corrected chi connectivity index (χ1v) is 10.7. The number of methoxy groups -OCH3 is 2. The maximum absolute atomic E-state index is 13.7. The van der Waals surface area contributed by atoms with Crippen molar-refractivity contribution in [3.8, 4) is 17.2 Å². The molecule has 8 heteroatoms. The van der Waals surface area contributed by atoms with E-state index >= 15 is 0 Å². The van der Waals surface area contributed by atoms with Crippen LogP contribution in [0.25, 0.3) is 16.6 Å². The van der Waals surface area contributed by atoms with Crippen molar-refractivity contribution in [2.45, 2.75) is 5.16 Å². The predicted molar refractivity (Wildman–Crippen MR) is 122 cm³/mol. The zero-order valence-electron chi connectivity index (χ0n) is 17.4. The fraction of sp³-hybridized carbons (Fsp3) is 0.125. The third-order valence-corrected chi connectivity index (χ3v) is 5.80. The first kappa shape index (κ1) is 21.6. The molecule has 0 spiro atoms. The van der Waals surface area contributed by atoms with E-state index in [-0.39, 0.29) is 28.4 Å². The number of hydrogen-bond acceptors (Lipinski definition) is 6. The molecule has 1 heterocycles. The zero-order chi connectivity index (χ0) is 22.7. The number of para-hydroxylation sites is 3. The molecule has 1 aromatic heterocycles. The lowest BCUT2D eigenvalue weighted by Gasteiger charge is -2.15. The Morgan fingerprint density at radius 3 is 2.50 bits per heavy atom. The zero-order valence-corrected chi connectivity index (χ0v) is 18.2. The Bertz CT molecular complexity index is 1370. The van der Waals surface area contributed by atoms with Gasteiger partial charge in [-0.3, -0.25) is 14.2 Å². The molecule has 0 aliphatic carbocycles. The summed E-state index contributed by atoms with van der Waals surface area (Å²) >= 11 is 1.09. The largest absolute Gasteiger partial charge is 0.496 e. The molecule has 0 aliphatic rings.